The lowest BCUT2D eigenvalue weighted by Crippen LogP contribution is -2.32. The van der Waals surface area contributed by atoms with Crippen molar-refractivity contribution >= 4 is 0 Å². The van der Waals surface area contributed by atoms with Crippen LogP contribution < -0.4 is 5.73 Å². The van der Waals surface area contributed by atoms with Gasteiger partial charge in [0.05, 0.1) is 6.26 Å². The maximum atomic E-state index is 5.60. The molecule has 1 rings (SSSR count). The number of nitrogens with two attached hydrogens (primary N) is 1. The predicted octanol–water partition coefficient (Wildman–Crippen LogP) is 2.15. The SMILES string of the molecule is CCC(CCN)N(C)Cc1ccoc1C. The zero-order chi connectivity index (χ0) is 11.3. The Morgan fingerprint density at radius 3 is 2.73 bits per heavy atom. The second-order valence-corrected chi connectivity index (χ2v) is 4.06. The summed E-state index contributed by atoms with van der Waals surface area (Å²) in [7, 11) is 2.15. The molecule has 0 bridgehead atoms. The molecule has 0 aliphatic carbocycles. The topological polar surface area (TPSA) is 42.4 Å². The van der Waals surface area contributed by atoms with E-state index in [0.717, 1.165) is 31.7 Å². The van der Waals surface area contributed by atoms with Gasteiger partial charge in [-0.1, -0.05) is 6.92 Å². The summed E-state index contributed by atoms with van der Waals surface area (Å²) in [5, 5.41) is 0. The molecule has 0 radical (unpaired) electrons. The minimum absolute atomic E-state index is 0.573. The Labute approximate surface area is 92.2 Å². The number of hydrogen-bond donors (Lipinski definition) is 1. The van der Waals surface area contributed by atoms with Crippen LogP contribution in [0.1, 0.15) is 31.1 Å². The monoisotopic (exact) mass is 210 g/mol. The Hall–Kier alpha value is -0.800. The molecule has 15 heavy (non-hydrogen) atoms. The van der Waals surface area contributed by atoms with Crippen molar-refractivity contribution in [2.24, 2.45) is 5.73 Å². The van der Waals surface area contributed by atoms with Crippen LogP contribution in [0.3, 0.4) is 0 Å². The molecule has 1 aromatic heterocycles. The molecule has 3 nitrogen and oxygen atoms in total. The van der Waals surface area contributed by atoms with Gasteiger partial charge in [0, 0.05) is 18.2 Å². The molecule has 2 N–H and O–H groups in total. The van der Waals surface area contributed by atoms with E-state index in [1.54, 1.807) is 6.26 Å². The van der Waals surface area contributed by atoms with E-state index >= 15 is 0 Å². The lowest BCUT2D eigenvalue weighted by molar-refractivity contribution is 0.217. The van der Waals surface area contributed by atoms with Crippen molar-refractivity contribution in [1.29, 1.82) is 0 Å². The number of aryl methyl sites for hydroxylation is 1. The van der Waals surface area contributed by atoms with Crippen molar-refractivity contribution < 1.29 is 4.42 Å². The van der Waals surface area contributed by atoms with Crippen molar-refractivity contribution in [3.05, 3.63) is 23.7 Å². The first-order valence-corrected chi connectivity index (χ1v) is 5.62. The summed E-state index contributed by atoms with van der Waals surface area (Å²) in [5.41, 5.74) is 6.87. The van der Waals surface area contributed by atoms with E-state index in [2.05, 4.69) is 18.9 Å². The van der Waals surface area contributed by atoms with Crippen LogP contribution in [0, 0.1) is 6.92 Å². The molecule has 0 aromatic carbocycles. The maximum Gasteiger partial charge on any atom is 0.105 e. The molecule has 1 unspecified atom stereocenters. The first kappa shape index (κ1) is 12.3. The zero-order valence-electron chi connectivity index (χ0n) is 9.99. The first-order valence-electron chi connectivity index (χ1n) is 5.62. The molecule has 1 heterocycles. The normalized spacial score (nSPS) is 13.4. The van der Waals surface area contributed by atoms with Crippen molar-refractivity contribution in [1.82, 2.24) is 4.90 Å². The predicted molar refractivity (Wildman–Crippen MR) is 62.7 cm³/mol. The second kappa shape index (κ2) is 5.93. The van der Waals surface area contributed by atoms with E-state index < -0.39 is 0 Å². The van der Waals surface area contributed by atoms with E-state index in [1.165, 1.54) is 5.56 Å². The summed E-state index contributed by atoms with van der Waals surface area (Å²) in [6.45, 7) is 5.92. The van der Waals surface area contributed by atoms with Crippen LogP contribution in [0.5, 0.6) is 0 Å². The smallest absolute Gasteiger partial charge is 0.105 e. The number of furan rings is 1. The second-order valence-electron chi connectivity index (χ2n) is 4.06. The van der Waals surface area contributed by atoms with Crippen LogP contribution in [-0.4, -0.2) is 24.5 Å². The molecule has 1 aromatic rings. The van der Waals surface area contributed by atoms with E-state index in [-0.39, 0.29) is 0 Å². The molecular weight excluding hydrogens is 188 g/mol. The zero-order valence-corrected chi connectivity index (χ0v) is 9.99. The molecule has 3 heteroatoms. The van der Waals surface area contributed by atoms with E-state index in [1.807, 2.05) is 13.0 Å². The Bertz CT molecular complexity index is 283. The Morgan fingerprint density at radius 1 is 1.53 bits per heavy atom. The van der Waals surface area contributed by atoms with Gasteiger partial charge in [0.1, 0.15) is 5.76 Å². The highest BCUT2D eigenvalue weighted by atomic mass is 16.3. The molecule has 0 saturated heterocycles. The third-order valence-corrected chi connectivity index (χ3v) is 2.98. The molecule has 1 atom stereocenters. The third kappa shape index (κ3) is 3.36. The summed E-state index contributed by atoms with van der Waals surface area (Å²) in [4.78, 5) is 2.35. The quantitative estimate of drug-likeness (QED) is 0.782. The molecule has 0 amide bonds. The summed E-state index contributed by atoms with van der Waals surface area (Å²) >= 11 is 0. The summed E-state index contributed by atoms with van der Waals surface area (Å²) in [5.74, 6) is 1.02. The van der Waals surface area contributed by atoms with Gasteiger partial charge in [-0.05, 0) is 39.4 Å². The van der Waals surface area contributed by atoms with Gasteiger partial charge in [-0.2, -0.15) is 0 Å². The Kier molecular flexibility index (Phi) is 4.85. The van der Waals surface area contributed by atoms with Gasteiger partial charge in [0.2, 0.25) is 0 Å². The molecule has 0 aliphatic rings. The molecule has 0 aliphatic heterocycles. The molecular formula is C12H22N2O. The van der Waals surface area contributed by atoms with E-state index in [4.69, 9.17) is 10.2 Å². The van der Waals surface area contributed by atoms with Crippen molar-refractivity contribution in [2.75, 3.05) is 13.6 Å². The summed E-state index contributed by atoms with van der Waals surface area (Å²) in [6.07, 6.45) is 3.96. The highest BCUT2D eigenvalue weighted by Gasteiger charge is 2.13. The fraction of sp³-hybridized carbons (Fsp3) is 0.667. The van der Waals surface area contributed by atoms with Gasteiger partial charge in [-0.15, -0.1) is 0 Å². The van der Waals surface area contributed by atoms with Crippen molar-refractivity contribution in [3.8, 4) is 0 Å². The minimum atomic E-state index is 0.573. The molecule has 0 saturated carbocycles. The average Bonchev–Trinajstić information content (AvgIpc) is 2.60. The van der Waals surface area contributed by atoms with Crippen LogP contribution in [0.2, 0.25) is 0 Å². The fourth-order valence-electron chi connectivity index (χ4n) is 1.90. The number of hydrogen-bond acceptors (Lipinski definition) is 3. The van der Waals surface area contributed by atoms with Crippen LogP contribution in [0.25, 0.3) is 0 Å². The molecule has 0 fully saturated rings. The standard InChI is InChI=1S/C12H22N2O/c1-4-12(5-7-13)14(3)9-11-6-8-15-10(11)2/h6,8,12H,4-5,7,9,13H2,1-3H3. The highest BCUT2D eigenvalue weighted by molar-refractivity contribution is 5.15. The van der Waals surface area contributed by atoms with Gasteiger partial charge < -0.3 is 10.2 Å². The van der Waals surface area contributed by atoms with Gasteiger partial charge in [-0.3, -0.25) is 4.90 Å². The first-order chi connectivity index (χ1) is 7.19. The van der Waals surface area contributed by atoms with E-state index in [9.17, 15) is 0 Å². The number of rotatable bonds is 6. The van der Waals surface area contributed by atoms with Gasteiger partial charge in [0.15, 0.2) is 0 Å². The molecule has 86 valence electrons. The van der Waals surface area contributed by atoms with Crippen molar-refractivity contribution in [3.63, 3.8) is 0 Å². The van der Waals surface area contributed by atoms with Crippen LogP contribution in [-0.2, 0) is 6.54 Å². The van der Waals surface area contributed by atoms with Gasteiger partial charge in [-0.25, -0.2) is 0 Å². The lowest BCUT2D eigenvalue weighted by Gasteiger charge is -2.26. The maximum absolute atomic E-state index is 5.60. The van der Waals surface area contributed by atoms with Crippen molar-refractivity contribution in [2.45, 2.75) is 39.3 Å². The Balaban J connectivity index is 2.53. The van der Waals surface area contributed by atoms with Crippen LogP contribution in [0.15, 0.2) is 16.7 Å². The highest BCUT2D eigenvalue weighted by Crippen LogP contribution is 2.14. The van der Waals surface area contributed by atoms with Crippen LogP contribution >= 0.6 is 0 Å². The summed E-state index contributed by atoms with van der Waals surface area (Å²) < 4.78 is 5.29. The van der Waals surface area contributed by atoms with E-state index in [0.29, 0.717) is 6.04 Å². The fourth-order valence-corrected chi connectivity index (χ4v) is 1.90. The van der Waals surface area contributed by atoms with Gasteiger partial charge in [0.25, 0.3) is 0 Å². The number of nitrogens with zero attached hydrogens (tertiary/aromatic N) is 1. The Morgan fingerprint density at radius 2 is 2.27 bits per heavy atom. The largest absolute Gasteiger partial charge is 0.469 e. The third-order valence-electron chi connectivity index (χ3n) is 2.98. The average molecular weight is 210 g/mol. The van der Waals surface area contributed by atoms with Crippen LogP contribution in [0.4, 0.5) is 0 Å². The lowest BCUT2D eigenvalue weighted by atomic mass is 10.1. The van der Waals surface area contributed by atoms with Gasteiger partial charge >= 0.3 is 0 Å². The summed E-state index contributed by atoms with van der Waals surface area (Å²) in [6, 6.07) is 2.62. The molecule has 0 spiro atoms. The minimum Gasteiger partial charge on any atom is -0.469 e.